The number of aromatic nitrogens is 1. The number of phenols is 1. The molecule has 5 nitrogen and oxygen atoms in total. The SMILES string of the molecule is CCc1cc([C@@H]2CCCN2Cc2cccc(OC)c2O)on1. The third-order valence-corrected chi connectivity index (χ3v) is 4.31. The number of phenolic OH excluding ortho intramolecular Hbond substituents is 1. The van der Waals surface area contributed by atoms with Crippen LogP contribution in [0.1, 0.15) is 42.8 Å². The Morgan fingerprint density at radius 2 is 2.32 bits per heavy atom. The van der Waals surface area contributed by atoms with Crippen LogP contribution in [-0.2, 0) is 13.0 Å². The number of rotatable bonds is 5. The van der Waals surface area contributed by atoms with E-state index in [-0.39, 0.29) is 11.8 Å². The van der Waals surface area contributed by atoms with Gasteiger partial charge in [0.15, 0.2) is 17.3 Å². The first-order valence-corrected chi connectivity index (χ1v) is 7.77. The summed E-state index contributed by atoms with van der Waals surface area (Å²) in [4.78, 5) is 2.33. The van der Waals surface area contributed by atoms with Crippen LogP contribution >= 0.6 is 0 Å². The predicted octanol–water partition coefficient (Wildman–Crippen LogP) is 3.29. The predicted molar refractivity (Wildman–Crippen MR) is 82.9 cm³/mol. The Kier molecular flexibility index (Phi) is 4.34. The number of aromatic hydroxyl groups is 1. The summed E-state index contributed by atoms with van der Waals surface area (Å²) in [6.45, 7) is 3.74. The molecule has 1 saturated heterocycles. The van der Waals surface area contributed by atoms with Gasteiger partial charge in [0.1, 0.15) is 0 Å². The summed E-state index contributed by atoms with van der Waals surface area (Å²) in [6, 6.07) is 7.89. The summed E-state index contributed by atoms with van der Waals surface area (Å²) >= 11 is 0. The van der Waals surface area contributed by atoms with Gasteiger partial charge in [-0.1, -0.05) is 24.2 Å². The molecule has 1 aliphatic rings. The van der Waals surface area contributed by atoms with Gasteiger partial charge in [-0.15, -0.1) is 0 Å². The maximum Gasteiger partial charge on any atom is 0.162 e. The molecule has 0 saturated carbocycles. The number of aryl methyl sites for hydroxylation is 1. The topological polar surface area (TPSA) is 58.7 Å². The van der Waals surface area contributed by atoms with E-state index in [1.54, 1.807) is 13.2 Å². The molecule has 1 aromatic carbocycles. The zero-order chi connectivity index (χ0) is 15.5. The molecule has 0 amide bonds. The average molecular weight is 302 g/mol. The smallest absolute Gasteiger partial charge is 0.162 e. The lowest BCUT2D eigenvalue weighted by molar-refractivity contribution is 0.204. The molecule has 1 aliphatic heterocycles. The van der Waals surface area contributed by atoms with Crippen LogP contribution in [0.3, 0.4) is 0 Å². The molecule has 118 valence electrons. The molecule has 0 spiro atoms. The Morgan fingerprint density at radius 1 is 1.45 bits per heavy atom. The second kappa shape index (κ2) is 6.40. The third kappa shape index (κ3) is 2.81. The lowest BCUT2D eigenvalue weighted by atomic mass is 10.1. The minimum atomic E-state index is 0.225. The maximum atomic E-state index is 10.3. The summed E-state index contributed by atoms with van der Waals surface area (Å²) in [7, 11) is 1.57. The van der Waals surface area contributed by atoms with Gasteiger partial charge in [-0.05, 0) is 31.9 Å². The van der Waals surface area contributed by atoms with Crippen LogP contribution in [0.25, 0.3) is 0 Å². The highest BCUT2D eigenvalue weighted by Gasteiger charge is 2.30. The number of methoxy groups -OCH3 is 1. The summed E-state index contributed by atoms with van der Waals surface area (Å²) in [5.41, 5.74) is 1.87. The Hall–Kier alpha value is -2.01. The van der Waals surface area contributed by atoms with Gasteiger partial charge in [0.2, 0.25) is 0 Å². The third-order valence-electron chi connectivity index (χ3n) is 4.31. The maximum absolute atomic E-state index is 10.3. The Morgan fingerprint density at radius 3 is 3.05 bits per heavy atom. The molecule has 0 bridgehead atoms. The monoisotopic (exact) mass is 302 g/mol. The van der Waals surface area contributed by atoms with E-state index >= 15 is 0 Å². The van der Waals surface area contributed by atoms with Crippen LogP contribution in [0.2, 0.25) is 0 Å². The first kappa shape index (κ1) is 14.9. The fraction of sp³-hybridized carbons (Fsp3) is 0.471. The standard InChI is InChI=1S/C17H22N2O3/c1-3-13-10-16(22-18-13)14-7-5-9-19(14)11-12-6-4-8-15(21-2)17(12)20/h4,6,8,10,14,20H,3,5,7,9,11H2,1-2H3/t14-/m0/s1. The molecule has 1 aromatic heterocycles. The van der Waals surface area contributed by atoms with Crippen molar-refractivity contribution in [2.45, 2.75) is 38.8 Å². The molecule has 22 heavy (non-hydrogen) atoms. The molecule has 2 heterocycles. The van der Waals surface area contributed by atoms with Crippen molar-refractivity contribution in [1.29, 1.82) is 0 Å². The minimum absolute atomic E-state index is 0.225. The van der Waals surface area contributed by atoms with Gasteiger partial charge in [0.05, 0.1) is 18.8 Å². The molecule has 5 heteroatoms. The van der Waals surface area contributed by atoms with Gasteiger partial charge >= 0.3 is 0 Å². The van der Waals surface area contributed by atoms with E-state index in [9.17, 15) is 5.11 Å². The van der Waals surface area contributed by atoms with E-state index in [4.69, 9.17) is 9.26 Å². The van der Waals surface area contributed by atoms with E-state index < -0.39 is 0 Å². The van der Waals surface area contributed by atoms with E-state index in [2.05, 4.69) is 23.0 Å². The lowest BCUT2D eigenvalue weighted by Crippen LogP contribution is -2.22. The van der Waals surface area contributed by atoms with Crippen molar-refractivity contribution in [1.82, 2.24) is 10.1 Å². The first-order chi connectivity index (χ1) is 10.7. The molecule has 1 atom stereocenters. The highest BCUT2D eigenvalue weighted by molar-refractivity contribution is 5.45. The zero-order valence-electron chi connectivity index (χ0n) is 13.1. The van der Waals surface area contributed by atoms with Crippen LogP contribution in [0.15, 0.2) is 28.8 Å². The van der Waals surface area contributed by atoms with Crippen molar-refractivity contribution in [3.63, 3.8) is 0 Å². The molecule has 0 unspecified atom stereocenters. The molecular formula is C17H22N2O3. The van der Waals surface area contributed by atoms with Crippen molar-refractivity contribution in [2.24, 2.45) is 0 Å². The normalized spacial score (nSPS) is 18.7. The highest BCUT2D eigenvalue weighted by atomic mass is 16.5. The molecule has 1 N–H and O–H groups in total. The van der Waals surface area contributed by atoms with Crippen LogP contribution in [0, 0.1) is 0 Å². The summed E-state index contributed by atoms with van der Waals surface area (Å²) < 4.78 is 10.7. The fourth-order valence-electron chi connectivity index (χ4n) is 3.07. The number of para-hydroxylation sites is 1. The highest BCUT2D eigenvalue weighted by Crippen LogP contribution is 2.36. The Bertz CT molecular complexity index is 639. The number of benzene rings is 1. The second-order valence-electron chi connectivity index (χ2n) is 5.67. The minimum Gasteiger partial charge on any atom is -0.504 e. The average Bonchev–Trinajstić information content (AvgIpc) is 3.17. The van der Waals surface area contributed by atoms with Gasteiger partial charge in [0.25, 0.3) is 0 Å². The van der Waals surface area contributed by atoms with Gasteiger partial charge in [0, 0.05) is 18.2 Å². The molecule has 2 aromatic rings. The summed E-state index contributed by atoms with van der Waals surface area (Å²) in [5, 5.41) is 14.4. The molecular weight excluding hydrogens is 280 g/mol. The van der Waals surface area contributed by atoms with Crippen molar-refractivity contribution >= 4 is 0 Å². The number of ether oxygens (including phenoxy) is 1. The first-order valence-electron chi connectivity index (χ1n) is 7.77. The lowest BCUT2D eigenvalue weighted by Gasteiger charge is -2.23. The van der Waals surface area contributed by atoms with Crippen molar-refractivity contribution < 1.29 is 14.4 Å². The molecule has 0 radical (unpaired) electrons. The quantitative estimate of drug-likeness (QED) is 0.918. The van der Waals surface area contributed by atoms with Crippen LogP contribution in [0.4, 0.5) is 0 Å². The molecule has 1 fully saturated rings. The van der Waals surface area contributed by atoms with E-state index in [1.165, 1.54) is 0 Å². The van der Waals surface area contributed by atoms with Crippen molar-refractivity contribution in [3.8, 4) is 11.5 Å². The molecule has 0 aliphatic carbocycles. The number of nitrogens with zero attached hydrogens (tertiary/aromatic N) is 2. The van der Waals surface area contributed by atoms with Gasteiger partial charge in [-0.3, -0.25) is 4.90 Å². The zero-order valence-corrected chi connectivity index (χ0v) is 13.1. The van der Waals surface area contributed by atoms with Crippen molar-refractivity contribution in [3.05, 3.63) is 41.3 Å². The van der Waals surface area contributed by atoms with Crippen LogP contribution in [-0.4, -0.2) is 28.8 Å². The van der Waals surface area contributed by atoms with Gasteiger partial charge in [-0.25, -0.2) is 0 Å². The van der Waals surface area contributed by atoms with E-state index in [0.717, 1.165) is 42.8 Å². The largest absolute Gasteiger partial charge is 0.504 e. The fourth-order valence-corrected chi connectivity index (χ4v) is 3.07. The van der Waals surface area contributed by atoms with Gasteiger partial charge < -0.3 is 14.4 Å². The second-order valence-corrected chi connectivity index (χ2v) is 5.67. The molecule has 3 rings (SSSR count). The van der Waals surface area contributed by atoms with Crippen LogP contribution < -0.4 is 4.74 Å². The number of hydrogen-bond acceptors (Lipinski definition) is 5. The van der Waals surface area contributed by atoms with Gasteiger partial charge in [-0.2, -0.15) is 0 Å². The number of likely N-dealkylation sites (tertiary alicyclic amines) is 1. The van der Waals surface area contributed by atoms with Crippen molar-refractivity contribution in [2.75, 3.05) is 13.7 Å². The number of hydrogen-bond donors (Lipinski definition) is 1. The Labute approximate surface area is 130 Å². The Balaban J connectivity index is 1.79. The van der Waals surface area contributed by atoms with Crippen LogP contribution in [0.5, 0.6) is 11.5 Å². The summed E-state index contributed by atoms with van der Waals surface area (Å²) in [5.74, 6) is 1.67. The summed E-state index contributed by atoms with van der Waals surface area (Å²) in [6.07, 6.45) is 3.06. The van der Waals surface area contributed by atoms with E-state index in [1.807, 2.05) is 12.1 Å². The van der Waals surface area contributed by atoms with E-state index in [0.29, 0.717) is 12.3 Å².